The van der Waals surface area contributed by atoms with E-state index in [4.69, 9.17) is 16.7 Å². The predicted octanol–water partition coefficient (Wildman–Crippen LogP) is 0.912. The van der Waals surface area contributed by atoms with E-state index in [1.807, 2.05) is 0 Å². The maximum absolute atomic E-state index is 11.2. The molecule has 1 heterocycles. The number of carbonyl (C=O) groups is 1. The number of nitrogens with one attached hydrogen (secondary N) is 1. The number of aromatic carboxylic acids is 1. The Bertz CT molecular complexity index is 602. The van der Waals surface area contributed by atoms with E-state index in [0.29, 0.717) is 5.69 Å². The van der Waals surface area contributed by atoms with E-state index in [9.17, 15) is 9.59 Å². The quantitative estimate of drug-likeness (QED) is 0.815. The van der Waals surface area contributed by atoms with E-state index >= 15 is 0 Å². The maximum atomic E-state index is 11.2. The number of halogens is 1. The first-order chi connectivity index (χ1) is 7.59. The van der Waals surface area contributed by atoms with Crippen molar-refractivity contribution in [1.29, 1.82) is 0 Å². The van der Waals surface area contributed by atoms with Crippen molar-refractivity contribution < 1.29 is 9.90 Å². The van der Waals surface area contributed by atoms with Gasteiger partial charge in [-0.1, -0.05) is 11.6 Å². The number of nitrogens with zero attached hydrogens (tertiary/aromatic N) is 2. The summed E-state index contributed by atoms with van der Waals surface area (Å²) in [6.45, 7) is 0. The summed E-state index contributed by atoms with van der Waals surface area (Å²) in [7, 11) is 0. The van der Waals surface area contributed by atoms with Crippen LogP contribution >= 0.6 is 11.6 Å². The van der Waals surface area contributed by atoms with Crippen LogP contribution < -0.4 is 5.69 Å². The van der Waals surface area contributed by atoms with E-state index in [-0.39, 0.29) is 10.6 Å². The molecule has 0 aliphatic rings. The molecule has 0 amide bonds. The van der Waals surface area contributed by atoms with Crippen LogP contribution in [0.25, 0.3) is 5.69 Å². The third kappa shape index (κ3) is 1.70. The summed E-state index contributed by atoms with van der Waals surface area (Å²) in [6.07, 6.45) is 1.24. The number of carboxylic acids is 1. The molecule has 0 spiro atoms. The first-order valence-corrected chi connectivity index (χ1v) is 4.63. The number of H-pyrrole nitrogens is 1. The molecule has 82 valence electrons. The molecule has 0 atom stereocenters. The molecule has 0 radical (unpaired) electrons. The third-order valence-electron chi connectivity index (χ3n) is 1.98. The summed E-state index contributed by atoms with van der Waals surface area (Å²) < 4.78 is 1.08. The van der Waals surface area contributed by atoms with Crippen LogP contribution in [-0.4, -0.2) is 25.8 Å². The van der Waals surface area contributed by atoms with E-state index < -0.39 is 11.7 Å². The fraction of sp³-hybridized carbons (Fsp3) is 0. The summed E-state index contributed by atoms with van der Waals surface area (Å²) in [5.41, 5.74) is -0.0330. The van der Waals surface area contributed by atoms with Crippen molar-refractivity contribution in [1.82, 2.24) is 14.8 Å². The van der Waals surface area contributed by atoms with Gasteiger partial charge in [-0.3, -0.25) is 4.98 Å². The number of benzene rings is 1. The van der Waals surface area contributed by atoms with Crippen LogP contribution in [0.5, 0.6) is 0 Å². The standard InChI is InChI=1S/C9H6ClN3O3/c10-7-3-5(1-2-6(7)8(14)15)13-9(16)11-4-12-13/h1-4H,(H,14,15)(H,11,12,16). The number of carboxylic acid groups (broad SMARTS) is 1. The Morgan fingerprint density at radius 1 is 1.50 bits per heavy atom. The van der Waals surface area contributed by atoms with Gasteiger partial charge in [-0.25, -0.2) is 9.59 Å². The van der Waals surface area contributed by atoms with Crippen LogP contribution in [0.1, 0.15) is 10.4 Å². The first-order valence-electron chi connectivity index (χ1n) is 4.25. The topological polar surface area (TPSA) is 88.0 Å². The molecule has 1 aromatic carbocycles. The van der Waals surface area contributed by atoms with E-state index in [2.05, 4.69) is 10.1 Å². The smallest absolute Gasteiger partial charge is 0.347 e. The molecule has 16 heavy (non-hydrogen) atoms. The highest BCUT2D eigenvalue weighted by Gasteiger charge is 2.10. The van der Waals surface area contributed by atoms with Gasteiger partial charge in [0.05, 0.1) is 16.3 Å². The van der Waals surface area contributed by atoms with Gasteiger partial charge in [0.2, 0.25) is 0 Å². The van der Waals surface area contributed by atoms with Crippen LogP contribution in [0.15, 0.2) is 29.3 Å². The lowest BCUT2D eigenvalue weighted by Gasteiger charge is -2.02. The summed E-state index contributed by atoms with van der Waals surface area (Å²) in [6, 6.07) is 4.14. The Kier molecular flexibility index (Phi) is 2.49. The first kappa shape index (κ1) is 10.4. The van der Waals surface area contributed by atoms with Gasteiger partial charge < -0.3 is 5.11 Å². The van der Waals surface area contributed by atoms with E-state index in [1.165, 1.54) is 24.5 Å². The van der Waals surface area contributed by atoms with Gasteiger partial charge in [-0.05, 0) is 18.2 Å². The van der Waals surface area contributed by atoms with Gasteiger partial charge in [-0.2, -0.15) is 9.78 Å². The van der Waals surface area contributed by atoms with Gasteiger partial charge in [-0.15, -0.1) is 0 Å². The SMILES string of the molecule is O=C(O)c1ccc(-n2nc[nH]c2=O)cc1Cl. The highest BCUT2D eigenvalue weighted by molar-refractivity contribution is 6.33. The molecule has 0 aliphatic heterocycles. The minimum absolute atomic E-state index is 0.0194. The van der Waals surface area contributed by atoms with Crippen molar-refractivity contribution in [2.24, 2.45) is 0 Å². The average molecular weight is 240 g/mol. The lowest BCUT2D eigenvalue weighted by atomic mass is 10.2. The van der Waals surface area contributed by atoms with Crippen molar-refractivity contribution in [3.8, 4) is 5.69 Å². The van der Waals surface area contributed by atoms with Crippen LogP contribution in [0.3, 0.4) is 0 Å². The summed E-state index contributed by atoms with van der Waals surface area (Å²) >= 11 is 5.76. The molecule has 7 heteroatoms. The maximum Gasteiger partial charge on any atom is 0.347 e. The monoisotopic (exact) mass is 239 g/mol. The highest BCUT2D eigenvalue weighted by atomic mass is 35.5. The Hall–Kier alpha value is -2.08. The zero-order valence-electron chi connectivity index (χ0n) is 7.85. The molecule has 0 saturated carbocycles. The third-order valence-corrected chi connectivity index (χ3v) is 2.29. The van der Waals surface area contributed by atoms with Crippen LogP contribution in [0, 0.1) is 0 Å². The molecule has 2 N–H and O–H groups in total. The highest BCUT2D eigenvalue weighted by Crippen LogP contribution is 2.19. The van der Waals surface area contributed by atoms with Crippen molar-refractivity contribution in [3.63, 3.8) is 0 Å². The fourth-order valence-electron chi connectivity index (χ4n) is 1.25. The molecule has 0 saturated heterocycles. The molecule has 0 aliphatic carbocycles. The normalized spacial score (nSPS) is 10.3. The predicted molar refractivity (Wildman–Crippen MR) is 56.2 cm³/mol. The molecule has 6 nitrogen and oxygen atoms in total. The van der Waals surface area contributed by atoms with Gasteiger partial charge in [0.1, 0.15) is 6.33 Å². The van der Waals surface area contributed by atoms with Crippen molar-refractivity contribution in [2.45, 2.75) is 0 Å². The zero-order valence-corrected chi connectivity index (χ0v) is 8.60. The second-order valence-corrected chi connectivity index (χ2v) is 3.38. The molecule has 2 aromatic rings. The lowest BCUT2D eigenvalue weighted by Crippen LogP contribution is -2.16. The number of hydrogen-bond acceptors (Lipinski definition) is 3. The molecule has 0 unspecified atom stereocenters. The van der Waals surface area contributed by atoms with Gasteiger partial charge in [0.15, 0.2) is 0 Å². The Balaban J connectivity index is 2.54. The van der Waals surface area contributed by atoms with Crippen molar-refractivity contribution in [3.05, 3.63) is 45.6 Å². The fourth-order valence-corrected chi connectivity index (χ4v) is 1.50. The summed E-state index contributed by atoms with van der Waals surface area (Å²) in [5, 5.41) is 12.6. The van der Waals surface area contributed by atoms with E-state index in [0.717, 1.165) is 4.68 Å². The van der Waals surface area contributed by atoms with Gasteiger partial charge in [0.25, 0.3) is 0 Å². The zero-order chi connectivity index (χ0) is 11.7. The van der Waals surface area contributed by atoms with Crippen LogP contribution in [-0.2, 0) is 0 Å². The Labute approximate surface area is 94.1 Å². The second-order valence-electron chi connectivity index (χ2n) is 2.98. The Morgan fingerprint density at radius 3 is 2.75 bits per heavy atom. The molecule has 1 aromatic heterocycles. The second kappa shape index (κ2) is 3.82. The summed E-state index contributed by atoms with van der Waals surface area (Å²) in [4.78, 5) is 24.3. The van der Waals surface area contributed by atoms with Crippen LogP contribution in [0.2, 0.25) is 5.02 Å². The Morgan fingerprint density at radius 2 is 2.25 bits per heavy atom. The number of rotatable bonds is 2. The molecular formula is C9H6ClN3O3. The number of hydrogen-bond donors (Lipinski definition) is 2. The van der Waals surface area contributed by atoms with E-state index in [1.54, 1.807) is 0 Å². The molecule has 0 fully saturated rings. The minimum Gasteiger partial charge on any atom is -0.478 e. The van der Waals surface area contributed by atoms with Crippen molar-refractivity contribution in [2.75, 3.05) is 0 Å². The molecule has 2 rings (SSSR count). The average Bonchev–Trinajstić information content (AvgIpc) is 2.63. The van der Waals surface area contributed by atoms with Gasteiger partial charge >= 0.3 is 11.7 Å². The lowest BCUT2D eigenvalue weighted by molar-refractivity contribution is 0.0697. The molecular weight excluding hydrogens is 234 g/mol. The molecule has 0 bridgehead atoms. The van der Waals surface area contributed by atoms with Crippen LogP contribution in [0.4, 0.5) is 0 Å². The number of aromatic amines is 1. The number of aromatic nitrogens is 3. The van der Waals surface area contributed by atoms with Gasteiger partial charge in [0, 0.05) is 0 Å². The largest absolute Gasteiger partial charge is 0.478 e. The minimum atomic E-state index is -1.12. The summed E-state index contributed by atoms with van der Waals surface area (Å²) in [5.74, 6) is -1.12. The van der Waals surface area contributed by atoms with Crippen molar-refractivity contribution >= 4 is 17.6 Å².